The molecule has 2 aromatic heterocycles. The van der Waals surface area contributed by atoms with Crippen molar-refractivity contribution < 1.29 is 13.2 Å². The van der Waals surface area contributed by atoms with Crippen molar-refractivity contribution >= 4 is 21.4 Å². The first-order chi connectivity index (χ1) is 12.3. The Balaban J connectivity index is 1.81. The van der Waals surface area contributed by atoms with E-state index in [1.54, 1.807) is 54.2 Å². The molecule has 8 heteroatoms. The first kappa shape index (κ1) is 17.8. The Bertz CT molecular complexity index is 1040. The van der Waals surface area contributed by atoms with Gasteiger partial charge in [-0.3, -0.25) is 4.79 Å². The van der Waals surface area contributed by atoms with Crippen LogP contribution in [0.4, 0.5) is 5.69 Å². The highest BCUT2D eigenvalue weighted by Crippen LogP contribution is 2.17. The molecule has 0 bridgehead atoms. The molecule has 3 aromatic rings. The number of nitrogens with one attached hydrogen (secondary N) is 1. The van der Waals surface area contributed by atoms with E-state index in [1.165, 1.54) is 12.5 Å². The van der Waals surface area contributed by atoms with Crippen molar-refractivity contribution in [3.63, 3.8) is 0 Å². The van der Waals surface area contributed by atoms with E-state index >= 15 is 0 Å². The Morgan fingerprint density at radius 2 is 2.00 bits per heavy atom. The Morgan fingerprint density at radius 3 is 2.69 bits per heavy atom. The monoisotopic (exact) mass is 370 g/mol. The molecule has 0 aliphatic rings. The molecule has 0 aliphatic carbocycles. The topological polar surface area (TPSA) is 94.0 Å². The summed E-state index contributed by atoms with van der Waals surface area (Å²) in [5.41, 5.74) is 2.23. The van der Waals surface area contributed by atoms with Gasteiger partial charge in [-0.15, -0.1) is 0 Å². The second-order valence-corrected chi connectivity index (χ2v) is 8.11. The van der Waals surface area contributed by atoms with Gasteiger partial charge in [0.25, 0.3) is 5.91 Å². The highest BCUT2D eigenvalue weighted by atomic mass is 32.2. The summed E-state index contributed by atoms with van der Waals surface area (Å²) >= 11 is 0. The molecule has 26 heavy (non-hydrogen) atoms. The molecule has 0 spiro atoms. The maximum absolute atomic E-state index is 12.6. The van der Waals surface area contributed by atoms with E-state index in [2.05, 4.69) is 15.4 Å². The lowest BCUT2D eigenvalue weighted by Crippen LogP contribution is -2.13. The SMILES string of the molecule is Cc1c(C(=O)Nc2cccc(CS(C)(=O)=O)c2)cnn1-c1ccccn1. The number of anilines is 1. The number of rotatable bonds is 5. The van der Waals surface area contributed by atoms with Gasteiger partial charge in [-0.25, -0.2) is 18.1 Å². The number of aromatic nitrogens is 3. The average molecular weight is 370 g/mol. The first-order valence-corrected chi connectivity index (χ1v) is 9.93. The van der Waals surface area contributed by atoms with Gasteiger partial charge in [0.2, 0.25) is 0 Å². The van der Waals surface area contributed by atoms with Crippen molar-refractivity contribution in [1.29, 1.82) is 0 Å². The minimum Gasteiger partial charge on any atom is -0.322 e. The molecule has 3 rings (SSSR count). The molecule has 1 aromatic carbocycles. The zero-order valence-electron chi connectivity index (χ0n) is 14.4. The summed E-state index contributed by atoms with van der Waals surface area (Å²) in [4.78, 5) is 16.8. The lowest BCUT2D eigenvalue weighted by atomic mass is 10.2. The molecule has 0 saturated heterocycles. The van der Waals surface area contributed by atoms with Crippen LogP contribution in [0.2, 0.25) is 0 Å². The molecule has 1 N–H and O–H groups in total. The Morgan fingerprint density at radius 1 is 1.19 bits per heavy atom. The summed E-state index contributed by atoms with van der Waals surface area (Å²) in [5.74, 6) is 0.230. The van der Waals surface area contributed by atoms with Gasteiger partial charge in [0.05, 0.1) is 23.2 Å². The van der Waals surface area contributed by atoms with Crippen LogP contribution in [0, 0.1) is 6.92 Å². The van der Waals surface area contributed by atoms with Crippen molar-refractivity contribution in [1.82, 2.24) is 14.8 Å². The normalized spacial score (nSPS) is 11.3. The molecular formula is C18H18N4O3S. The van der Waals surface area contributed by atoms with Gasteiger partial charge in [-0.05, 0) is 36.8 Å². The highest BCUT2D eigenvalue weighted by molar-refractivity contribution is 7.89. The molecule has 134 valence electrons. The van der Waals surface area contributed by atoms with Crippen LogP contribution in [-0.4, -0.2) is 35.3 Å². The predicted molar refractivity (Wildman–Crippen MR) is 99.0 cm³/mol. The summed E-state index contributed by atoms with van der Waals surface area (Å²) in [6, 6.07) is 12.2. The fourth-order valence-corrected chi connectivity index (χ4v) is 3.37. The van der Waals surface area contributed by atoms with Crippen molar-refractivity contribution in [2.75, 3.05) is 11.6 Å². The van der Waals surface area contributed by atoms with Gasteiger partial charge in [0.15, 0.2) is 15.7 Å². The molecular weight excluding hydrogens is 352 g/mol. The standard InChI is InChI=1S/C18H18N4O3S/c1-13-16(11-20-22(13)17-8-3-4-9-19-17)18(23)21-15-7-5-6-14(10-15)12-26(2,24)25/h3-11H,12H2,1-2H3,(H,21,23). The van der Waals surface area contributed by atoms with Crippen molar-refractivity contribution in [3.8, 4) is 5.82 Å². The summed E-state index contributed by atoms with van der Waals surface area (Å²) in [5, 5.41) is 7.01. The second-order valence-electron chi connectivity index (χ2n) is 5.97. The van der Waals surface area contributed by atoms with Gasteiger partial charge >= 0.3 is 0 Å². The van der Waals surface area contributed by atoms with Crippen LogP contribution in [0.25, 0.3) is 5.82 Å². The lowest BCUT2D eigenvalue weighted by Gasteiger charge is -2.07. The number of pyridine rings is 1. The van der Waals surface area contributed by atoms with Gasteiger partial charge in [0.1, 0.15) is 0 Å². The van der Waals surface area contributed by atoms with E-state index in [9.17, 15) is 13.2 Å². The predicted octanol–water partition coefficient (Wildman–Crippen LogP) is 2.37. The third kappa shape index (κ3) is 4.15. The molecule has 0 atom stereocenters. The van der Waals surface area contributed by atoms with Crippen LogP contribution >= 0.6 is 0 Å². The largest absolute Gasteiger partial charge is 0.322 e. The van der Waals surface area contributed by atoms with E-state index in [0.717, 1.165) is 0 Å². The molecule has 7 nitrogen and oxygen atoms in total. The Kier molecular flexibility index (Phi) is 4.85. The maximum atomic E-state index is 12.6. The van der Waals surface area contributed by atoms with E-state index in [-0.39, 0.29) is 11.7 Å². The van der Waals surface area contributed by atoms with E-state index in [0.29, 0.717) is 28.3 Å². The van der Waals surface area contributed by atoms with E-state index < -0.39 is 9.84 Å². The molecule has 0 fully saturated rings. The summed E-state index contributed by atoms with van der Waals surface area (Å²) in [7, 11) is -3.14. The molecule has 2 heterocycles. The summed E-state index contributed by atoms with van der Waals surface area (Å²) in [6.07, 6.45) is 4.32. The number of hydrogen-bond acceptors (Lipinski definition) is 5. The van der Waals surface area contributed by atoms with Crippen molar-refractivity contribution in [3.05, 3.63) is 71.7 Å². The number of carbonyl (C=O) groups excluding carboxylic acids is 1. The second kappa shape index (κ2) is 7.09. The fourth-order valence-electron chi connectivity index (χ4n) is 2.58. The first-order valence-electron chi connectivity index (χ1n) is 7.87. The van der Waals surface area contributed by atoms with Crippen LogP contribution in [-0.2, 0) is 15.6 Å². The van der Waals surface area contributed by atoms with Gasteiger partial charge in [-0.2, -0.15) is 5.10 Å². The number of amides is 1. The lowest BCUT2D eigenvalue weighted by molar-refractivity contribution is 0.102. The number of hydrogen-bond donors (Lipinski definition) is 1. The van der Waals surface area contributed by atoms with Gasteiger partial charge < -0.3 is 5.32 Å². The van der Waals surface area contributed by atoms with E-state index in [1.807, 2.05) is 6.07 Å². The number of benzene rings is 1. The van der Waals surface area contributed by atoms with E-state index in [4.69, 9.17) is 0 Å². The van der Waals surface area contributed by atoms with Crippen molar-refractivity contribution in [2.45, 2.75) is 12.7 Å². The summed E-state index contributed by atoms with van der Waals surface area (Å²) < 4.78 is 24.5. The maximum Gasteiger partial charge on any atom is 0.259 e. The minimum atomic E-state index is -3.14. The average Bonchev–Trinajstić information content (AvgIpc) is 2.96. The summed E-state index contributed by atoms with van der Waals surface area (Å²) in [6.45, 7) is 1.79. The minimum absolute atomic E-state index is 0.0760. The van der Waals surface area contributed by atoms with Gasteiger partial charge in [0, 0.05) is 18.1 Å². The number of nitrogens with zero attached hydrogens (tertiary/aromatic N) is 3. The molecule has 0 radical (unpaired) electrons. The quantitative estimate of drug-likeness (QED) is 0.744. The van der Waals surface area contributed by atoms with Crippen LogP contribution in [0.15, 0.2) is 54.9 Å². The fraction of sp³-hybridized carbons (Fsp3) is 0.167. The van der Waals surface area contributed by atoms with Gasteiger partial charge in [-0.1, -0.05) is 18.2 Å². The highest BCUT2D eigenvalue weighted by Gasteiger charge is 2.16. The van der Waals surface area contributed by atoms with Crippen molar-refractivity contribution in [2.24, 2.45) is 0 Å². The number of carbonyl (C=O) groups is 1. The Hall–Kier alpha value is -3.00. The number of sulfone groups is 1. The molecule has 0 aliphatic heterocycles. The third-order valence-electron chi connectivity index (χ3n) is 3.73. The Labute approximate surface area is 151 Å². The molecule has 0 unspecified atom stereocenters. The zero-order valence-corrected chi connectivity index (χ0v) is 15.2. The smallest absolute Gasteiger partial charge is 0.259 e. The van der Waals surface area contributed by atoms with Crippen LogP contribution in [0.3, 0.4) is 0 Å². The van der Waals surface area contributed by atoms with Crippen LogP contribution in [0.5, 0.6) is 0 Å². The zero-order chi connectivity index (χ0) is 18.7. The van der Waals surface area contributed by atoms with Crippen LogP contribution < -0.4 is 5.32 Å². The van der Waals surface area contributed by atoms with Crippen LogP contribution in [0.1, 0.15) is 21.6 Å². The third-order valence-corrected chi connectivity index (χ3v) is 4.59. The molecule has 0 saturated carbocycles. The molecule has 1 amide bonds.